The van der Waals surface area contributed by atoms with Crippen LogP contribution in [0.15, 0.2) is 29.2 Å². The Morgan fingerprint density at radius 1 is 0.885 bits per heavy atom. The van der Waals surface area contributed by atoms with Crippen molar-refractivity contribution in [3.05, 3.63) is 35.7 Å². The molecule has 0 fully saturated rings. The Morgan fingerprint density at radius 3 is 1.88 bits per heavy atom. The van der Waals surface area contributed by atoms with Crippen molar-refractivity contribution >= 4 is 21.7 Å². The second-order valence-electron chi connectivity index (χ2n) is 6.97. The van der Waals surface area contributed by atoms with E-state index in [2.05, 4.69) is 15.0 Å². The maximum atomic E-state index is 11.6. The SMILES string of the molecule is CC(C)c1nc(N(C)C)nc(N(C)C(C)c2ccc(S(C)(=O)=O)cc2)n1. The van der Waals surface area contributed by atoms with E-state index in [1.54, 1.807) is 12.1 Å². The number of hydrogen-bond acceptors (Lipinski definition) is 7. The van der Waals surface area contributed by atoms with Gasteiger partial charge in [0.25, 0.3) is 0 Å². The molecule has 0 N–H and O–H groups in total. The fourth-order valence-corrected chi connectivity index (χ4v) is 3.01. The Morgan fingerprint density at radius 2 is 1.42 bits per heavy atom. The Hall–Kier alpha value is -2.22. The summed E-state index contributed by atoms with van der Waals surface area (Å²) in [5.74, 6) is 2.13. The van der Waals surface area contributed by atoms with Gasteiger partial charge in [-0.15, -0.1) is 0 Å². The van der Waals surface area contributed by atoms with Crippen LogP contribution in [0.5, 0.6) is 0 Å². The van der Waals surface area contributed by atoms with Gasteiger partial charge in [-0.3, -0.25) is 0 Å². The first kappa shape index (κ1) is 20.1. The van der Waals surface area contributed by atoms with E-state index in [4.69, 9.17) is 0 Å². The molecule has 0 aliphatic carbocycles. The zero-order valence-corrected chi connectivity index (χ0v) is 17.2. The summed E-state index contributed by atoms with van der Waals surface area (Å²) >= 11 is 0. The molecule has 2 rings (SSSR count). The summed E-state index contributed by atoms with van der Waals surface area (Å²) in [4.78, 5) is 17.8. The van der Waals surface area contributed by atoms with Crippen molar-refractivity contribution in [1.29, 1.82) is 0 Å². The molecule has 8 heteroatoms. The van der Waals surface area contributed by atoms with E-state index >= 15 is 0 Å². The maximum absolute atomic E-state index is 11.6. The molecule has 1 heterocycles. The molecule has 0 amide bonds. The molecule has 1 aromatic carbocycles. The van der Waals surface area contributed by atoms with E-state index in [0.717, 1.165) is 11.4 Å². The van der Waals surface area contributed by atoms with E-state index in [9.17, 15) is 8.42 Å². The molecule has 26 heavy (non-hydrogen) atoms. The van der Waals surface area contributed by atoms with Crippen LogP contribution in [0.2, 0.25) is 0 Å². The van der Waals surface area contributed by atoms with E-state index in [-0.39, 0.29) is 12.0 Å². The summed E-state index contributed by atoms with van der Waals surface area (Å²) < 4.78 is 23.3. The van der Waals surface area contributed by atoms with Crippen LogP contribution in [-0.4, -0.2) is 50.8 Å². The lowest BCUT2D eigenvalue weighted by atomic mass is 10.1. The van der Waals surface area contributed by atoms with E-state index in [1.807, 2.05) is 63.8 Å². The van der Waals surface area contributed by atoms with Gasteiger partial charge >= 0.3 is 0 Å². The summed E-state index contributed by atoms with van der Waals surface area (Å²) in [7, 11) is 2.52. The highest BCUT2D eigenvalue weighted by Gasteiger charge is 2.19. The van der Waals surface area contributed by atoms with Gasteiger partial charge in [0, 0.05) is 33.3 Å². The van der Waals surface area contributed by atoms with Crippen molar-refractivity contribution in [2.24, 2.45) is 0 Å². The molecule has 0 saturated heterocycles. The minimum Gasteiger partial charge on any atom is -0.347 e. The first-order valence-corrected chi connectivity index (χ1v) is 10.4. The second-order valence-corrected chi connectivity index (χ2v) is 8.99. The molecule has 2 aromatic rings. The number of aromatic nitrogens is 3. The standard InChI is InChI=1S/C18H27N5O2S/c1-12(2)16-19-17(22(4)5)21-18(20-16)23(6)13(3)14-8-10-15(11-9-14)26(7,24)25/h8-13H,1-7H3. The third-order valence-electron chi connectivity index (χ3n) is 4.23. The van der Waals surface area contributed by atoms with Crippen LogP contribution in [0.3, 0.4) is 0 Å². The lowest BCUT2D eigenvalue weighted by Crippen LogP contribution is -2.26. The van der Waals surface area contributed by atoms with E-state index in [1.165, 1.54) is 6.26 Å². The topological polar surface area (TPSA) is 79.3 Å². The zero-order valence-electron chi connectivity index (χ0n) is 16.4. The van der Waals surface area contributed by atoms with Crippen molar-refractivity contribution in [2.45, 2.75) is 37.6 Å². The number of benzene rings is 1. The van der Waals surface area contributed by atoms with Crippen LogP contribution in [0.4, 0.5) is 11.9 Å². The number of anilines is 2. The van der Waals surface area contributed by atoms with Gasteiger partial charge in [-0.25, -0.2) is 8.42 Å². The molecule has 0 bridgehead atoms. The summed E-state index contributed by atoms with van der Waals surface area (Å²) in [6.07, 6.45) is 1.21. The Kier molecular flexibility index (Phi) is 5.85. The lowest BCUT2D eigenvalue weighted by molar-refractivity contribution is 0.601. The predicted molar refractivity (Wildman–Crippen MR) is 105 cm³/mol. The smallest absolute Gasteiger partial charge is 0.230 e. The van der Waals surface area contributed by atoms with Crippen molar-refractivity contribution < 1.29 is 8.42 Å². The fourth-order valence-electron chi connectivity index (χ4n) is 2.38. The monoisotopic (exact) mass is 377 g/mol. The van der Waals surface area contributed by atoms with E-state index < -0.39 is 9.84 Å². The molecular weight excluding hydrogens is 350 g/mol. The Balaban J connectivity index is 2.36. The fraction of sp³-hybridized carbons (Fsp3) is 0.500. The lowest BCUT2D eigenvalue weighted by Gasteiger charge is -2.27. The van der Waals surface area contributed by atoms with E-state index in [0.29, 0.717) is 16.8 Å². The van der Waals surface area contributed by atoms with Gasteiger partial charge in [0.2, 0.25) is 11.9 Å². The normalized spacial score (nSPS) is 12.9. The molecule has 7 nitrogen and oxygen atoms in total. The average Bonchev–Trinajstić information content (AvgIpc) is 2.59. The first-order chi connectivity index (χ1) is 12.0. The molecular formula is C18H27N5O2S. The van der Waals surface area contributed by atoms with Gasteiger partial charge in [-0.2, -0.15) is 15.0 Å². The Bertz CT molecular complexity index is 837. The van der Waals surface area contributed by atoms with Crippen LogP contribution in [-0.2, 0) is 9.84 Å². The summed E-state index contributed by atoms with van der Waals surface area (Å²) in [5, 5.41) is 0. The van der Waals surface area contributed by atoms with Crippen LogP contribution in [0, 0.1) is 0 Å². The molecule has 1 atom stereocenters. The average molecular weight is 378 g/mol. The Labute approximate surface area is 156 Å². The highest BCUT2D eigenvalue weighted by molar-refractivity contribution is 7.90. The summed E-state index contributed by atoms with van der Waals surface area (Å²) in [6, 6.07) is 6.89. The van der Waals surface area contributed by atoms with Gasteiger partial charge in [0.05, 0.1) is 10.9 Å². The molecule has 0 aliphatic heterocycles. The second kappa shape index (κ2) is 7.57. The van der Waals surface area contributed by atoms with Gasteiger partial charge in [0.15, 0.2) is 9.84 Å². The van der Waals surface area contributed by atoms with Gasteiger partial charge < -0.3 is 9.80 Å². The van der Waals surface area contributed by atoms with Crippen molar-refractivity contribution in [3.8, 4) is 0 Å². The third kappa shape index (κ3) is 4.49. The number of hydrogen-bond donors (Lipinski definition) is 0. The summed E-state index contributed by atoms with van der Waals surface area (Å²) in [5.41, 5.74) is 0.984. The van der Waals surface area contributed by atoms with Crippen LogP contribution in [0.25, 0.3) is 0 Å². The molecule has 0 spiro atoms. The molecule has 142 valence electrons. The largest absolute Gasteiger partial charge is 0.347 e. The highest BCUT2D eigenvalue weighted by atomic mass is 32.2. The van der Waals surface area contributed by atoms with Crippen LogP contribution in [0.1, 0.15) is 44.1 Å². The number of nitrogens with zero attached hydrogens (tertiary/aromatic N) is 5. The minimum absolute atomic E-state index is 0.0268. The molecule has 0 saturated carbocycles. The van der Waals surface area contributed by atoms with Crippen molar-refractivity contribution in [3.63, 3.8) is 0 Å². The highest BCUT2D eigenvalue weighted by Crippen LogP contribution is 2.25. The minimum atomic E-state index is -3.20. The van der Waals surface area contributed by atoms with Gasteiger partial charge in [-0.1, -0.05) is 26.0 Å². The number of sulfone groups is 1. The van der Waals surface area contributed by atoms with Gasteiger partial charge in [-0.05, 0) is 24.6 Å². The van der Waals surface area contributed by atoms with Gasteiger partial charge in [0.1, 0.15) is 5.82 Å². The molecule has 0 aliphatic rings. The first-order valence-electron chi connectivity index (χ1n) is 8.47. The van der Waals surface area contributed by atoms with Crippen LogP contribution >= 0.6 is 0 Å². The van der Waals surface area contributed by atoms with Crippen molar-refractivity contribution in [1.82, 2.24) is 15.0 Å². The third-order valence-corrected chi connectivity index (χ3v) is 5.36. The predicted octanol–water partition coefficient (Wildman–Crippen LogP) is 2.66. The summed E-state index contributed by atoms with van der Waals surface area (Å²) in [6.45, 7) is 6.13. The molecule has 1 aromatic heterocycles. The molecule has 1 unspecified atom stereocenters. The maximum Gasteiger partial charge on any atom is 0.230 e. The zero-order chi connectivity index (χ0) is 19.6. The quantitative estimate of drug-likeness (QED) is 0.765. The molecule has 0 radical (unpaired) electrons. The van der Waals surface area contributed by atoms with Crippen molar-refractivity contribution in [2.75, 3.05) is 37.2 Å². The number of rotatable bonds is 6. The van der Waals surface area contributed by atoms with Crippen LogP contribution < -0.4 is 9.80 Å².